The maximum atomic E-state index is 12.1. The summed E-state index contributed by atoms with van der Waals surface area (Å²) in [4.78, 5) is 35.0. The number of nitrogens with two attached hydrogens (primary N) is 1. The van der Waals surface area contributed by atoms with Crippen molar-refractivity contribution in [2.75, 3.05) is 17.2 Å². The lowest BCUT2D eigenvalue weighted by molar-refractivity contribution is -0.119. The summed E-state index contributed by atoms with van der Waals surface area (Å²) >= 11 is 0. The van der Waals surface area contributed by atoms with Gasteiger partial charge in [0.2, 0.25) is 0 Å². The zero-order valence-corrected chi connectivity index (χ0v) is 15.3. The van der Waals surface area contributed by atoms with Crippen LogP contribution in [0, 0.1) is 0 Å². The molecule has 2 rings (SSSR count). The summed E-state index contributed by atoms with van der Waals surface area (Å²) < 4.78 is 5.05. The highest BCUT2D eigenvalue weighted by Crippen LogP contribution is 2.26. The molecule has 0 aromatic heterocycles. The molecule has 0 bridgehead atoms. The second-order valence-corrected chi connectivity index (χ2v) is 6.09. The van der Waals surface area contributed by atoms with E-state index in [1.165, 1.54) is 24.3 Å². The van der Waals surface area contributed by atoms with Gasteiger partial charge in [-0.25, -0.2) is 9.59 Å². The molecule has 0 fully saturated rings. The van der Waals surface area contributed by atoms with Crippen molar-refractivity contribution in [3.63, 3.8) is 0 Å². The quantitative estimate of drug-likeness (QED) is 0.649. The van der Waals surface area contributed by atoms with Gasteiger partial charge >= 0.3 is 12.0 Å². The molecule has 0 saturated carbocycles. The van der Waals surface area contributed by atoms with E-state index in [0.29, 0.717) is 11.6 Å². The van der Waals surface area contributed by atoms with Gasteiger partial charge in [0, 0.05) is 11.4 Å². The van der Waals surface area contributed by atoms with Crippen LogP contribution < -0.4 is 16.4 Å². The van der Waals surface area contributed by atoms with Crippen molar-refractivity contribution in [3.8, 4) is 0 Å². The van der Waals surface area contributed by atoms with Gasteiger partial charge in [-0.3, -0.25) is 4.79 Å². The molecule has 142 valence electrons. The Morgan fingerprint density at radius 1 is 1.04 bits per heavy atom. The normalized spacial score (nSPS) is 11.3. The Bertz CT molecular complexity index is 818. The minimum atomic E-state index is -0.695. The fourth-order valence-electron chi connectivity index (χ4n) is 2.49. The molecule has 27 heavy (non-hydrogen) atoms. The summed E-state index contributed by atoms with van der Waals surface area (Å²) in [7, 11) is 0. The van der Waals surface area contributed by atoms with Crippen molar-refractivity contribution in [1.29, 1.82) is 0 Å². The Kier molecular flexibility index (Phi) is 6.93. The monoisotopic (exact) mass is 369 g/mol. The first-order valence-electron chi connectivity index (χ1n) is 8.63. The predicted octanol–water partition coefficient (Wildman–Crippen LogP) is 3.49. The number of esters is 1. The van der Waals surface area contributed by atoms with Gasteiger partial charge in [0.15, 0.2) is 6.61 Å². The highest BCUT2D eigenvalue weighted by molar-refractivity contribution is 5.96. The van der Waals surface area contributed by atoms with E-state index in [1.54, 1.807) is 0 Å². The summed E-state index contributed by atoms with van der Waals surface area (Å²) in [6.07, 6.45) is 0.947. The van der Waals surface area contributed by atoms with E-state index in [4.69, 9.17) is 10.5 Å². The molecule has 0 aliphatic rings. The molecule has 0 saturated heterocycles. The van der Waals surface area contributed by atoms with Crippen LogP contribution in [0.3, 0.4) is 0 Å². The third-order valence-electron chi connectivity index (χ3n) is 4.10. The van der Waals surface area contributed by atoms with Gasteiger partial charge in [0.1, 0.15) is 0 Å². The SMILES string of the molecule is CC[C@H](C)c1ccccc1NC(=O)COC(=O)c1ccc(NC(N)=O)cc1. The number of hydrogen-bond acceptors (Lipinski definition) is 4. The maximum absolute atomic E-state index is 12.1. The predicted molar refractivity (Wildman–Crippen MR) is 104 cm³/mol. The zero-order chi connectivity index (χ0) is 19.8. The summed E-state index contributed by atoms with van der Waals surface area (Å²) in [5.74, 6) is -0.742. The molecule has 0 aliphatic heterocycles. The van der Waals surface area contributed by atoms with Crippen molar-refractivity contribution in [2.24, 2.45) is 5.73 Å². The largest absolute Gasteiger partial charge is 0.452 e. The summed E-state index contributed by atoms with van der Waals surface area (Å²) in [6, 6.07) is 12.9. The van der Waals surface area contributed by atoms with Crippen LogP contribution in [-0.4, -0.2) is 24.5 Å². The molecule has 4 N–H and O–H groups in total. The van der Waals surface area contributed by atoms with Crippen LogP contribution in [0.2, 0.25) is 0 Å². The van der Waals surface area contributed by atoms with Crippen molar-refractivity contribution < 1.29 is 19.1 Å². The molecule has 0 radical (unpaired) electrons. The second-order valence-electron chi connectivity index (χ2n) is 6.09. The van der Waals surface area contributed by atoms with Gasteiger partial charge in [-0.1, -0.05) is 32.0 Å². The molecule has 3 amide bonds. The number of rotatable bonds is 7. The van der Waals surface area contributed by atoms with Crippen LogP contribution in [0.25, 0.3) is 0 Å². The van der Waals surface area contributed by atoms with Crippen LogP contribution in [0.5, 0.6) is 0 Å². The number of nitrogens with one attached hydrogen (secondary N) is 2. The molecule has 0 aliphatic carbocycles. The molecule has 0 spiro atoms. The first kappa shape index (κ1) is 20.0. The minimum absolute atomic E-state index is 0.262. The van der Waals surface area contributed by atoms with E-state index >= 15 is 0 Å². The smallest absolute Gasteiger partial charge is 0.338 e. The van der Waals surface area contributed by atoms with Crippen molar-refractivity contribution in [2.45, 2.75) is 26.2 Å². The van der Waals surface area contributed by atoms with E-state index in [1.807, 2.05) is 24.3 Å². The summed E-state index contributed by atoms with van der Waals surface area (Å²) in [5.41, 5.74) is 7.49. The lowest BCUT2D eigenvalue weighted by Crippen LogP contribution is -2.22. The maximum Gasteiger partial charge on any atom is 0.338 e. The average Bonchev–Trinajstić information content (AvgIpc) is 2.66. The molecular formula is C20H23N3O4. The van der Waals surface area contributed by atoms with Crippen molar-refractivity contribution >= 4 is 29.3 Å². The molecule has 2 aromatic rings. The van der Waals surface area contributed by atoms with Crippen LogP contribution in [-0.2, 0) is 9.53 Å². The Morgan fingerprint density at radius 2 is 1.70 bits per heavy atom. The summed E-state index contributed by atoms with van der Waals surface area (Å²) in [6.45, 7) is 3.77. The van der Waals surface area contributed by atoms with Crippen LogP contribution in [0.15, 0.2) is 48.5 Å². The molecular weight excluding hydrogens is 346 g/mol. The molecule has 1 atom stereocenters. The number of carbonyl (C=O) groups excluding carboxylic acids is 3. The lowest BCUT2D eigenvalue weighted by Gasteiger charge is -2.15. The number of urea groups is 1. The summed E-state index contributed by atoms with van der Waals surface area (Å²) in [5, 5.41) is 5.18. The van der Waals surface area contributed by atoms with E-state index in [2.05, 4.69) is 24.5 Å². The van der Waals surface area contributed by atoms with Gasteiger partial charge in [-0.15, -0.1) is 0 Å². The Morgan fingerprint density at radius 3 is 2.33 bits per heavy atom. The standard InChI is InChI=1S/C20H23N3O4/c1-3-13(2)16-6-4-5-7-17(16)23-18(24)12-27-19(25)14-8-10-15(11-9-14)22-20(21)26/h4-11,13H,3,12H2,1-2H3,(H,23,24)(H3,21,22,26)/t13-/m0/s1. The van der Waals surface area contributed by atoms with Gasteiger partial charge in [-0.05, 0) is 48.2 Å². The fourth-order valence-corrected chi connectivity index (χ4v) is 2.49. The van der Waals surface area contributed by atoms with Crippen LogP contribution in [0.1, 0.15) is 42.1 Å². The molecule has 7 heteroatoms. The lowest BCUT2D eigenvalue weighted by atomic mass is 9.97. The first-order chi connectivity index (χ1) is 12.9. The number of hydrogen-bond donors (Lipinski definition) is 3. The second kappa shape index (κ2) is 9.38. The Balaban J connectivity index is 1.92. The molecule has 7 nitrogen and oxygen atoms in total. The van der Waals surface area contributed by atoms with E-state index in [0.717, 1.165) is 17.7 Å². The number of carbonyl (C=O) groups is 3. The van der Waals surface area contributed by atoms with Gasteiger partial charge < -0.3 is 21.1 Å². The van der Waals surface area contributed by atoms with Gasteiger partial charge in [0.05, 0.1) is 5.56 Å². The average molecular weight is 369 g/mol. The molecule has 0 unspecified atom stereocenters. The molecule has 2 aromatic carbocycles. The number of primary amides is 1. The number of ether oxygens (including phenoxy) is 1. The van der Waals surface area contributed by atoms with E-state index in [9.17, 15) is 14.4 Å². The Labute approximate surface area is 157 Å². The number of amides is 3. The first-order valence-corrected chi connectivity index (χ1v) is 8.63. The zero-order valence-electron chi connectivity index (χ0n) is 15.3. The van der Waals surface area contributed by atoms with Gasteiger partial charge in [-0.2, -0.15) is 0 Å². The minimum Gasteiger partial charge on any atom is -0.452 e. The highest BCUT2D eigenvalue weighted by Gasteiger charge is 2.13. The number of para-hydroxylation sites is 1. The van der Waals surface area contributed by atoms with E-state index < -0.39 is 24.5 Å². The topological polar surface area (TPSA) is 111 Å². The third kappa shape index (κ3) is 5.85. The van der Waals surface area contributed by atoms with Crippen LogP contribution >= 0.6 is 0 Å². The van der Waals surface area contributed by atoms with Crippen molar-refractivity contribution in [3.05, 3.63) is 59.7 Å². The van der Waals surface area contributed by atoms with Crippen LogP contribution in [0.4, 0.5) is 16.2 Å². The fraction of sp³-hybridized carbons (Fsp3) is 0.250. The number of benzene rings is 2. The highest BCUT2D eigenvalue weighted by atomic mass is 16.5. The third-order valence-corrected chi connectivity index (χ3v) is 4.10. The Hall–Kier alpha value is -3.35. The van der Waals surface area contributed by atoms with Gasteiger partial charge in [0.25, 0.3) is 5.91 Å². The number of anilines is 2. The van der Waals surface area contributed by atoms with Crippen molar-refractivity contribution in [1.82, 2.24) is 0 Å². The van der Waals surface area contributed by atoms with E-state index in [-0.39, 0.29) is 5.56 Å². The molecule has 0 heterocycles.